The number of fused-ring (bicyclic) bond motifs is 2. The summed E-state index contributed by atoms with van der Waals surface area (Å²) in [6, 6.07) is 11.8. The van der Waals surface area contributed by atoms with Crippen LogP contribution in [0.25, 0.3) is 0 Å². The van der Waals surface area contributed by atoms with E-state index in [0.29, 0.717) is 17.1 Å². The number of carbonyl (C=O) groups is 1. The lowest BCUT2D eigenvalue weighted by atomic mass is 9.74. The molecule has 2 heterocycles. The molecule has 0 unspecified atom stereocenters. The molecule has 1 amide bonds. The van der Waals surface area contributed by atoms with Crippen molar-refractivity contribution in [3.05, 3.63) is 77.1 Å². The topological polar surface area (TPSA) is 23.6 Å². The summed E-state index contributed by atoms with van der Waals surface area (Å²) >= 11 is 6.26. The van der Waals surface area contributed by atoms with Crippen LogP contribution in [0.4, 0.5) is 10.1 Å². The Hall–Kier alpha value is -2.17. The zero-order chi connectivity index (χ0) is 19.0. The Balaban J connectivity index is 1.70. The molecule has 3 nitrogen and oxygen atoms in total. The van der Waals surface area contributed by atoms with Crippen molar-refractivity contribution in [1.82, 2.24) is 4.90 Å². The highest BCUT2D eigenvalue weighted by atomic mass is 35.5. The van der Waals surface area contributed by atoms with Gasteiger partial charge in [-0.1, -0.05) is 29.8 Å². The van der Waals surface area contributed by atoms with Crippen molar-refractivity contribution < 1.29 is 9.18 Å². The van der Waals surface area contributed by atoms with Crippen LogP contribution in [0.5, 0.6) is 0 Å². The maximum atomic E-state index is 14.1. The van der Waals surface area contributed by atoms with Crippen molar-refractivity contribution in [2.75, 3.05) is 31.1 Å². The van der Waals surface area contributed by atoms with Crippen molar-refractivity contribution >= 4 is 23.2 Å². The molecule has 2 aromatic carbocycles. The molecule has 0 aliphatic carbocycles. The minimum atomic E-state index is -0.256. The monoisotopic (exact) mass is 384 g/mol. The first-order valence-corrected chi connectivity index (χ1v) is 9.61. The fourth-order valence-electron chi connectivity index (χ4n) is 4.38. The van der Waals surface area contributed by atoms with Gasteiger partial charge in [0.15, 0.2) is 0 Å². The normalized spacial score (nSPS) is 18.5. The van der Waals surface area contributed by atoms with E-state index < -0.39 is 0 Å². The Morgan fingerprint density at radius 2 is 1.96 bits per heavy atom. The van der Waals surface area contributed by atoms with Gasteiger partial charge in [-0.05, 0) is 61.8 Å². The van der Waals surface area contributed by atoms with Gasteiger partial charge in [0.05, 0.1) is 10.6 Å². The van der Waals surface area contributed by atoms with Crippen LogP contribution in [-0.2, 0) is 5.41 Å². The molecule has 0 aromatic heterocycles. The Morgan fingerprint density at radius 3 is 2.67 bits per heavy atom. The third-order valence-electron chi connectivity index (χ3n) is 5.83. The quantitative estimate of drug-likeness (QED) is 0.718. The largest absolute Gasteiger partial charge is 0.307 e. The minimum Gasteiger partial charge on any atom is -0.307 e. The SMILES string of the molecule is C=CCN1CCC2(CC1)CN(C(=O)c1ccccc1Cl)c1ccc(F)cc12. The van der Waals surface area contributed by atoms with Gasteiger partial charge in [0.1, 0.15) is 5.82 Å². The lowest BCUT2D eigenvalue weighted by Gasteiger charge is -2.39. The molecule has 1 spiro atoms. The predicted octanol–water partition coefficient (Wildman–Crippen LogP) is 4.66. The highest BCUT2D eigenvalue weighted by Gasteiger charge is 2.46. The fourth-order valence-corrected chi connectivity index (χ4v) is 4.59. The summed E-state index contributed by atoms with van der Waals surface area (Å²) in [5.41, 5.74) is 2.03. The van der Waals surface area contributed by atoms with E-state index >= 15 is 0 Å². The van der Waals surface area contributed by atoms with Gasteiger partial charge in [-0.3, -0.25) is 9.69 Å². The van der Waals surface area contributed by atoms with Gasteiger partial charge in [-0.2, -0.15) is 0 Å². The van der Waals surface area contributed by atoms with Crippen molar-refractivity contribution in [3.63, 3.8) is 0 Å². The zero-order valence-electron chi connectivity index (χ0n) is 15.1. The summed E-state index contributed by atoms with van der Waals surface area (Å²) in [6.07, 6.45) is 3.70. The van der Waals surface area contributed by atoms with Crippen LogP contribution < -0.4 is 4.90 Å². The lowest BCUT2D eigenvalue weighted by molar-refractivity contribution is 0.0978. The van der Waals surface area contributed by atoms with Gasteiger partial charge < -0.3 is 4.90 Å². The molecule has 0 N–H and O–H groups in total. The third-order valence-corrected chi connectivity index (χ3v) is 6.16. The smallest absolute Gasteiger partial charge is 0.259 e. The van der Waals surface area contributed by atoms with E-state index in [0.717, 1.165) is 43.7 Å². The molecule has 2 aromatic rings. The Bertz CT molecular complexity index is 890. The van der Waals surface area contributed by atoms with Crippen molar-refractivity contribution in [2.45, 2.75) is 18.3 Å². The van der Waals surface area contributed by atoms with Gasteiger partial charge in [0.25, 0.3) is 5.91 Å². The zero-order valence-corrected chi connectivity index (χ0v) is 15.9. The highest BCUT2D eigenvalue weighted by molar-refractivity contribution is 6.34. The average Bonchev–Trinajstić information content (AvgIpc) is 2.97. The highest BCUT2D eigenvalue weighted by Crippen LogP contribution is 2.47. The number of piperidine rings is 1. The lowest BCUT2D eigenvalue weighted by Crippen LogP contribution is -2.46. The number of rotatable bonds is 3. The van der Waals surface area contributed by atoms with Crippen LogP contribution in [0.2, 0.25) is 5.02 Å². The molecule has 1 fully saturated rings. The summed E-state index contributed by atoms with van der Waals surface area (Å²) in [6.45, 7) is 7.06. The number of anilines is 1. The van der Waals surface area contributed by atoms with Crippen LogP contribution in [0, 0.1) is 5.82 Å². The first-order chi connectivity index (χ1) is 13.0. The molecular formula is C22H22ClFN2O. The van der Waals surface area contributed by atoms with E-state index in [1.807, 2.05) is 18.2 Å². The number of hydrogen-bond acceptors (Lipinski definition) is 2. The van der Waals surface area contributed by atoms with Crippen molar-refractivity contribution in [3.8, 4) is 0 Å². The molecule has 0 atom stereocenters. The molecule has 5 heteroatoms. The summed E-state index contributed by atoms with van der Waals surface area (Å²) in [7, 11) is 0. The molecule has 4 rings (SSSR count). The minimum absolute atomic E-state index is 0.126. The Labute approximate surface area is 164 Å². The molecule has 0 saturated carbocycles. The van der Waals surface area contributed by atoms with Crippen LogP contribution >= 0.6 is 11.6 Å². The molecule has 140 valence electrons. The molecule has 0 bridgehead atoms. The predicted molar refractivity (Wildman–Crippen MR) is 107 cm³/mol. The summed E-state index contributed by atoms with van der Waals surface area (Å²) < 4.78 is 14.1. The van der Waals surface area contributed by atoms with Gasteiger partial charge in [0, 0.05) is 24.2 Å². The number of likely N-dealkylation sites (tertiary alicyclic amines) is 1. The number of hydrogen-bond donors (Lipinski definition) is 0. The van der Waals surface area contributed by atoms with Gasteiger partial charge in [-0.25, -0.2) is 4.39 Å². The molecular weight excluding hydrogens is 363 g/mol. The van der Waals surface area contributed by atoms with E-state index in [9.17, 15) is 9.18 Å². The summed E-state index contributed by atoms with van der Waals surface area (Å²) in [4.78, 5) is 17.4. The second-order valence-electron chi connectivity index (χ2n) is 7.40. The van der Waals surface area contributed by atoms with E-state index in [2.05, 4.69) is 11.5 Å². The molecule has 2 aliphatic heterocycles. The Kier molecular flexibility index (Phi) is 4.79. The number of halogens is 2. The van der Waals surface area contributed by atoms with Crippen LogP contribution in [0.3, 0.4) is 0 Å². The first-order valence-electron chi connectivity index (χ1n) is 9.24. The van der Waals surface area contributed by atoms with E-state index in [-0.39, 0.29) is 17.1 Å². The molecule has 27 heavy (non-hydrogen) atoms. The van der Waals surface area contributed by atoms with E-state index in [1.165, 1.54) is 6.07 Å². The summed E-state index contributed by atoms with van der Waals surface area (Å²) in [5.74, 6) is -0.382. The molecule has 1 saturated heterocycles. The fraction of sp³-hybridized carbons (Fsp3) is 0.318. The number of nitrogens with zero attached hydrogens (tertiary/aromatic N) is 2. The van der Waals surface area contributed by atoms with Crippen LogP contribution in [-0.4, -0.2) is 37.0 Å². The van der Waals surface area contributed by atoms with Gasteiger partial charge >= 0.3 is 0 Å². The maximum Gasteiger partial charge on any atom is 0.259 e. The van der Waals surface area contributed by atoms with Crippen LogP contribution in [0.1, 0.15) is 28.8 Å². The van der Waals surface area contributed by atoms with Crippen molar-refractivity contribution in [1.29, 1.82) is 0 Å². The van der Waals surface area contributed by atoms with Crippen molar-refractivity contribution in [2.24, 2.45) is 0 Å². The first kappa shape index (κ1) is 18.2. The Morgan fingerprint density at radius 1 is 1.22 bits per heavy atom. The second-order valence-corrected chi connectivity index (χ2v) is 7.81. The standard InChI is InChI=1S/C22H22ClFN2O/c1-2-11-25-12-9-22(10-13-25)15-26(20-8-7-16(24)14-18(20)22)21(27)17-5-3-4-6-19(17)23/h2-8,14H,1,9-13,15H2. The summed E-state index contributed by atoms with van der Waals surface area (Å²) in [5, 5.41) is 0.438. The number of carbonyl (C=O) groups excluding carboxylic acids is 1. The van der Waals surface area contributed by atoms with Gasteiger partial charge in [-0.15, -0.1) is 6.58 Å². The van der Waals surface area contributed by atoms with E-state index in [4.69, 9.17) is 11.6 Å². The van der Waals surface area contributed by atoms with Crippen LogP contribution in [0.15, 0.2) is 55.1 Å². The maximum absolute atomic E-state index is 14.1. The molecule has 0 radical (unpaired) electrons. The van der Waals surface area contributed by atoms with E-state index in [1.54, 1.807) is 29.2 Å². The third kappa shape index (κ3) is 3.17. The average molecular weight is 385 g/mol. The number of benzene rings is 2. The second kappa shape index (κ2) is 7.10. The number of amides is 1. The molecule has 2 aliphatic rings. The van der Waals surface area contributed by atoms with Gasteiger partial charge in [0.2, 0.25) is 0 Å².